The van der Waals surface area contributed by atoms with Gasteiger partial charge in [-0.1, -0.05) is 32.0 Å². The quantitative estimate of drug-likeness (QED) is 0.805. The Balaban J connectivity index is 2.26. The molecule has 2 nitrogen and oxygen atoms in total. The Kier molecular flexibility index (Phi) is 4.41. The van der Waals surface area contributed by atoms with Gasteiger partial charge in [-0.2, -0.15) is 0 Å². The first-order valence-electron chi connectivity index (χ1n) is 7.16. The summed E-state index contributed by atoms with van der Waals surface area (Å²) in [6.45, 7) is 8.00. The molecular weight excluding hydrogens is 220 g/mol. The molecule has 0 saturated heterocycles. The summed E-state index contributed by atoms with van der Waals surface area (Å²) in [6.07, 6.45) is 2.43. The molecule has 100 valence electrons. The summed E-state index contributed by atoms with van der Waals surface area (Å²) in [7, 11) is 4.26. The van der Waals surface area contributed by atoms with Crippen LogP contribution in [-0.4, -0.2) is 37.0 Å². The third-order valence-corrected chi connectivity index (χ3v) is 3.97. The van der Waals surface area contributed by atoms with Gasteiger partial charge in [0.1, 0.15) is 0 Å². The van der Waals surface area contributed by atoms with E-state index in [9.17, 15) is 0 Å². The topological polar surface area (TPSA) is 6.48 Å². The van der Waals surface area contributed by atoms with Gasteiger partial charge in [0.2, 0.25) is 0 Å². The molecule has 18 heavy (non-hydrogen) atoms. The normalized spacial score (nSPS) is 20.2. The zero-order valence-corrected chi connectivity index (χ0v) is 12.2. The van der Waals surface area contributed by atoms with E-state index < -0.39 is 0 Å². The van der Waals surface area contributed by atoms with Crippen LogP contribution in [0.4, 0.5) is 0 Å². The van der Waals surface area contributed by atoms with Gasteiger partial charge in [0, 0.05) is 19.1 Å². The molecule has 0 aliphatic carbocycles. The molecule has 1 atom stereocenters. The van der Waals surface area contributed by atoms with Crippen molar-refractivity contribution < 1.29 is 0 Å². The monoisotopic (exact) mass is 246 g/mol. The standard InChI is InChI=1S/C16H26N2/c1-5-16-15-8-7-13(12-17(3)4)11-14(15)9-10-18(16)6-2/h7-8,11,16H,5-6,9-10,12H2,1-4H3. The van der Waals surface area contributed by atoms with Gasteiger partial charge in [0.25, 0.3) is 0 Å². The molecule has 0 saturated carbocycles. The van der Waals surface area contributed by atoms with Gasteiger partial charge in [-0.25, -0.2) is 0 Å². The average Bonchev–Trinajstić information content (AvgIpc) is 2.36. The summed E-state index contributed by atoms with van der Waals surface area (Å²) in [4.78, 5) is 4.84. The maximum Gasteiger partial charge on any atom is 0.0348 e. The van der Waals surface area contributed by atoms with Crippen molar-refractivity contribution >= 4 is 0 Å². The minimum atomic E-state index is 0.632. The molecule has 0 N–H and O–H groups in total. The number of fused-ring (bicyclic) bond motifs is 1. The third-order valence-electron chi connectivity index (χ3n) is 3.97. The molecule has 1 aliphatic rings. The number of nitrogens with zero attached hydrogens (tertiary/aromatic N) is 2. The van der Waals surface area contributed by atoms with Crippen molar-refractivity contribution in [2.75, 3.05) is 27.2 Å². The Morgan fingerprint density at radius 1 is 1.28 bits per heavy atom. The molecule has 0 aromatic heterocycles. The predicted molar refractivity (Wildman–Crippen MR) is 77.8 cm³/mol. The molecule has 2 rings (SSSR count). The Labute approximate surface area is 112 Å². The Bertz CT molecular complexity index is 398. The molecule has 0 radical (unpaired) electrons. The van der Waals surface area contributed by atoms with Crippen LogP contribution >= 0.6 is 0 Å². The van der Waals surface area contributed by atoms with Crippen LogP contribution in [0.1, 0.15) is 43.0 Å². The number of likely N-dealkylation sites (N-methyl/N-ethyl adjacent to an activating group) is 1. The maximum absolute atomic E-state index is 2.61. The fourth-order valence-electron chi connectivity index (χ4n) is 3.14. The molecule has 0 amide bonds. The molecular formula is C16H26N2. The first kappa shape index (κ1) is 13.6. The van der Waals surface area contributed by atoms with Gasteiger partial charge in [0.15, 0.2) is 0 Å². The molecule has 1 aromatic rings. The highest BCUT2D eigenvalue weighted by Crippen LogP contribution is 2.32. The van der Waals surface area contributed by atoms with E-state index in [2.05, 4.69) is 55.9 Å². The van der Waals surface area contributed by atoms with E-state index in [0.29, 0.717) is 6.04 Å². The van der Waals surface area contributed by atoms with Crippen molar-refractivity contribution in [3.8, 4) is 0 Å². The molecule has 0 spiro atoms. The van der Waals surface area contributed by atoms with E-state index >= 15 is 0 Å². The summed E-state index contributed by atoms with van der Waals surface area (Å²) < 4.78 is 0. The molecule has 0 bridgehead atoms. The largest absolute Gasteiger partial charge is 0.305 e. The van der Waals surface area contributed by atoms with Gasteiger partial charge in [-0.05, 0) is 50.2 Å². The first-order chi connectivity index (χ1) is 8.65. The van der Waals surface area contributed by atoms with Crippen LogP contribution in [0.25, 0.3) is 0 Å². The fraction of sp³-hybridized carbons (Fsp3) is 0.625. The van der Waals surface area contributed by atoms with E-state index in [-0.39, 0.29) is 0 Å². The molecule has 0 fully saturated rings. The maximum atomic E-state index is 2.61. The first-order valence-corrected chi connectivity index (χ1v) is 7.16. The number of hydrogen-bond donors (Lipinski definition) is 0. The highest BCUT2D eigenvalue weighted by atomic mass is 15.2. The Hall–Kier alpha value is -0.860. The van der Waals surface area contributed by atoms with Crippen LogP contribution in [0.5, 0.6) is 0 Å². The van der Waals surface area contributed by atoms with E-state index in [1.807, 2.05) is 0 Å². The smallest absolute Gasteiger partial charge is 0.0348 e. The van der Waals surface area contributed by atoms with Crippen molar-refractivity contribution in [1.29, 1.82) is 0 Å². The van der Waals surface area contributed by atoms with Crippen LogP contribution in [0.15, 0.2) is 18.2 Å². The van der Waals surface area contributed by atoms with Crippen molar-refractivity contribution in [3.63, 3.8) is 0 Å². The lowest BCUT2D eigenvalue weighted by atomic mass is 9.89. The average molecular weight is 246 g/mol. The molecule has 1 unspecified atom stereocenters. The fourth-order valence-corrected chi connectivity index (χ4v) is 3.14. The van der Waals surface area contributed by atoms with E-state index in [4.69, 9.17) is 0 Å². The summed E-state index contributed by atoms with van der Waals surface area (Å²) in [5.74, 6) is 0. The lowest BCUT2D eigenvalue weighted by Crippen LogP contribution is -2.35. The summed E-state index contributed by atoms with van der Waals surface area (Å²) >= 11 is 0. The second kappa shape index (κ2) is 5.85. The molecule has 1 aromatic carbocycles. The van der Waals surface area contributed by atoms with Gasteiger partial charge in [-0.15, -0.1) is 0 Å². The number of benzene rings is 1. The van der Waals surface area contributed by atoms with E-state index in [1.54, 1.807) is 11.1 Å². The van der Waals surface area contributed by atoms with Crippen LogP contribution in [0, 0.1) is 0 Å². The second-order valence-corrected chi connectivity index (χ2v) is 5.57. The SMILES string of the molecule is CCC1c2ccc(CN(C)C)cc2CCN1CC. The lowest BCUT2D eigenvalue weighted by Gasteiger charge is -2.36. The van der Waals surface area contributed by atoms with Gasteiger partial charge in [-0.3, -0.25) is 4.90 Å². The van der Waals surface area contributed by atoms with Crippen molar-refractivity contribution in [1.82, 2.24) is 9.80 Å². The van der Waals surface area contributed by atoms with Crippen LogP contribution in [0.2, 0.25) is 0 Å². The molecule has 1 aliphatic heterocycles. The minimum Gasteiger partial charge on any atom is -0.305 e. The minimum absolute atomic E-state index is 0.632. The predicted octanol–water partition coefficient (Wildman–Crippen LogP) is 3.08. The summed E-state index contributed by atoms with van der Waals surface area (Å²) in [6, 6.07) is 7.72. The third kappa shape index (κ3) is 2.76. The van der Waals surface area contributed by atoms with Gasteiger partial charge >= 0.3 is 0 Å². The Morgan fingerprint density at radius 3 is 2.67 bits per heavy atom. The molecule has 2 heteroatoms. The van der Waals surface area contributed by atoms with Gasteiger partial charge in [0.05, 0.1) is 0 Å². The Morgan fingerprint density at radius 2 is 2.06 bits per heavy atom. The van der Waals surface area contributed by atoms with Crippen molar-refractivity contribution in [3.05, 3.63) is 34.9 Å². The number of hydrogen-bond acceptors (Lipinski definition) is 2. The highest BCUT2D eigenvalue weighted by molar-refractivity contribution is 5.36. The van der Waals surface area contributed by atoms with Crippen LogP contribution in [0.3, 0.4) is 0 Å². The highest BCUT2D eigenvalue weighted by Gasteiger charge is 2.24. The van der Waals surface area contributed by atoms with Gasteiger partial charge < -0.3 is 4.90 Å². The van der Waals surface area contributed by atoms with E-state index in [0.717, 1.165) is 13.1 Å². The second-order valence-electron chi connectivity index (χ2n) is 5.57. The van der Waals surface area contributed by atoms with Crippen molar-refractivity contribution in [2.24, 2.45) is 0 Å². The summed E-state index contributed by atoms with van der Waals surface area (Å²) in [5, 5.41) is 0. The number of rotatable bonds is 4. The van der Waals surface area contributed by atoms with Crippen molar-refractivity contribution in [2.45, 2.75) is 39.3 Å². The van der Waals surface area contributed by atoms with E-state index in [1.165, 1.54) is 24.9 Å². The zero-order valence-electron chi connectivity index (χ0n) is 12.2. The van der Waals surface area contributed by atoms with Crippen LogP contribution < -0.4 is 0 Å². The zero-order chi connectivity index (χ0) is 13.1. The lowest BCUT2D eigenvalue weighted by molar-refractivity contribution is 0.190. The summed E-state index contributed by atoms with van der Waals surface area (Å²) in [5.41, 5.74) is 4.58. The van der Waals surface area contributed by atoms with Crippen LogP contribution in [-0.2, 0) is 13.0 Å². The molecule has 1 heterocycles.